The summed E-state index contributed by atoms with van der Waals surface area (Å²) in [4.78, 5) is 27.6. The van der Waals surface area contributed by atoms with Crippen LogP contribution in [0.2, 0.25) is 0 Å². The summed E-state index contributed by atoms with van der Waals surface area (Å²) in [5.74, 6) is 0.860. The average molecular weight is 396 g/mol. The van der Waals surface area contributed by atoms with Gasteiger partial charge in [0.15, 0.2) is 0 Å². The van der Waals surface area contributed by atoms with E-state index >= 15 is 0 Å². The molecular formula is C23H28N2O4. The van der Waals surface area contributed by atoms with Gasteiger partial charge in [-0.1, -0.05) is 25.5 Å². The number of rotatable bonds is 8. The van der Waals surface area contributed by atoms with Crippen LogP contribution < -0.4 is 19.7 Å². The zero-order valence-corrected chi connectivity index (χ0v) is 17.2. The van der Waals surface area contributed by atoms with E-state index in [0.717, 1.165) is 35.6 Å². The van der Waals surface area contributed by atoms with Gasteiger partial charge >= 0.3 is 0 Å². The molecule has 29 heavy (non-hydrogen) atoms. The molecule has 0 aromatic heterocycles. The van der Waals surface area contributed by atoms with Gasteiger partial charge in [0.05, 0.1) is 26.2 Å². The third kappa shape index (κ3) is 4.53. The molecule has 2 atom stereocenters. The Bertz CT molecular complexity index is 833. The van der Waals surface area contributed by atoms with Crippen LogP contribution in [-0.4, -0.2) is 32.6 Å². The van der Waals surface area contributed by atoms with Gasteiger partial charge in [-0.3, -0.25) is 9.59 Å². The lowest BCUT2D eigenvalue weighted by Crippen LogP contribution is -2.36. The number of ether oxygens (including phenoxy) is 2. The molecule has 1 fully saturated rings. The quantitative estimate of drug-likeness (QED) is 0.691. The number of amides is 2. The average Bonchev–Trinajstić information content (AvgIpc) is 3.11. The molecule has 2 aromatic carbocycles. The second kappa shape index (κ2) is 9.45. The lowest BCUT2D eigenvalue weighted by molar-refractivity contribution is -0.126. The van der Waals surface area contributed by atoms with Crippen molar-refractivity contribution in [1.29, 1.82) is 0 Å². The first-order chi connectivity index (χ1) is 14.1. The van der Waals surface area contributed by atoms with Crippen molar-refractivity contribution >= 4 is 17.5 Å². The van der Waals surface area contributed by atoms with Crippen molar-refractivity contribution in [2.75, 3.05) is 25.7 Å². The largest absolute Gasteiger partial charge is 0.497 e. The maximum atomic E-state index is 13.0. The fraction of sp³-hybridized carbons (Fsp3) is 0.391. The van der Waals surface area contributed by atoms with E-state index < -0.39 is 5.92 Å². The maximum Gasteiger partial charge on any atom is 0.228 e. The Balaban J connectivity index is 1.95. The Morgan fingerprint density at radius 3 is 2.17 bits per heavy atom. The Morgan fingerprint density at radius 2 is 1.62 bits per heavy atom. The van der Waals surface area contributed by atoms with E-state index in [9.17, 15) is 9.59 Å². The number of hydrogen-bond donors (Lipinski definition) is 1. The molecule has 0 spiro atoms. The third-order valence-electron chi connectivity index (χ3n) is 5.30. The number of nitrogens with one attached hydrogen (secondary N) is 1. The van der Waals surface area contributed by atoms with Gasteiger partial charge in [-0.2, -0.15) is 0 Å². The van der Waals surface area contributed by atoms with Crippen molar-refractivity contribution in [3.05, 3.63) is 54.1 Å². The van der Waals surface area contributed by atoms with Gasteiger partial charge in [0, 0.05) is 18.7 Å². The number of unbranched alkanes of at least 4 members (excludes halogenated alkanes) is 1. The van der Waals surface area contributed by atoms with Crippen molar-refractivity contribution in [1.82, 2.24) is 5.32 Å². The summed E-state index contributed by atoms with van der Waals surface area (Å²) in [6.45, 7) is 2.70. The summed E-state index contributed by atoms with van der Waals surface area (Å²) < 4.78 is 10.5. The first-order valence-corrected chi connectivity index (χ1v) is 9.96. The highest BCUT2D eigenvalue weighted by atomic mass is 16.5. The van der Waals surface area contributed by atoms with Crippen molar-refractivity contribution in [3.8, 4) is 11.5 Å². The van der Waals surface area contributed by atoms with E-state index in [1.165, 1.54) is 0 Å². The van der Waals surface area contributed by atoms with E-state index in [-0.39, 0.29) is 24.3 Å². The van der Waals surface area contributed by atoms with Crippen LogP contribution >= 0.6 is 0 Å². The molecule has 0 bridgehead atoms. The second-order valence-corrected chi connectivity index (χ2v) is 7.13. The van der Waals surface area contributed by atoms with Crippen molar-refractivity contribution in [2.24, 2.45) is 5.92 Å². The smallest absolute Gasteiger partial charge is 0.228 e. The number of nitrogens with zero attached hydrogens (tertiary/aromatic N) is 1. The molecule has 1 saturated heterocycles. The molecule has 1 heterocycles. The van der Waals surface area contributed by atoms with Crippen LogP contribution in [-0.2, 0) is 9.59 Å². The van der Waals surface area contributed by atoms with Gasteiger partial charge in [0.1, 0.15) is 11.5 Å². The second-order valence-electron chi connectivity index (χ2n) is 7.13. The minimum Gasteiger partial charge on any atom is -0.497 e. The normalized spacial score (nSPS) is 18.6. The van der Waals surface area contributed by atoms with E-state index in [0.29, 0.717) is 6.54 Å². The van der Waals surface area contributed by atoms with Gasteiger partial charge < -0.3 is 19.7 Å². The van der Waals surface area contributed by atoms with Crippen LogP contribution in [0.5, 0.6) is 11.5 Å². The molecule has 1 aliphatic rings. The zero-order valence-electron chi connectivity index (χ0n) is 17.2. The number of anilines is 1. The Hall–Kier alpha value is -3.02. The first kappa shape index (κ1) is 20.7. The molecule has 2 aromatic rings. The number of carbonyl (C=O) groups excluding carboxylic acids is 2. The standard InChI is InChI=1S/C23H28N2O4/c1-4-5-14-24-23(27)20-15-21(26)25(17-8-12-19(29-3)13-9-17)22(20)16-6-10-18(28-2)11-7-16/h6-13,20,22H,4-5,14-15H2,1-3H3,(H,24,27)/t20-,22-/m0/s1. The molecule has 6 heteroatoms. The van der Waals surface area contributed by atoms with Crippen molar-refractivity contribution < 1.29 is 19.1 Å². The molecule has 1 aliphatic heterocycles. The van der Waals surface area contributed by atoms with Gasteiger partial charge in [0.25, 0.3) is 0 Å². The number of methoxy groups -OCH3 is 2. The van der Waals surface area contributed by atoms with Crippen LogP contribution in [0, 0.1) is 5.92 Å². The third-order valence-corrected chi connectivity index (χ3v) is 5.30. The van der Waals surface area contributed by atoms with Crippen molar-refractivity contribution in [2.45, 2.75) is 32.2 Å². The van der Waals surface area contributed by atoms with Gasteiger partial charge in [-0.25, -0.2) is 0 Å². The minimum atomic E-state index is -0.449. The predicted molar refractivity (Wildman–Crippen MR) is 112 cm³/mol. The van der Waals surface area contributed by atoms with E-state index in [1.807, 2.05) is 48.5 Å². The van der Waals surface area contributed by atoms with Gasteiger partial charge in [0.2, 0.25) is 11.8 Å². The number of hydrogen-bond acceptors (Lipinski definition) is 4. The van der Waals surface area contributed by atoms with E-state index in [2.05, 4.69) is 12.2 Å². The molecule has 0 unspecified atom stereocenters. The number of benzene rings is 2. The molecule has 154 valence electrons. The molecule has 0 saturated carbocycles. The summed E-state index contributed by atoms with van der Waals surface area (Å²) in [5.41, 5.74) is 1.66. The van der Waals surface area contributed by atoms with Gasteiger partial charge in [-0.05, 0) is 48.4 Å². The number of carbonyl (C=O) groups is 2. The monoisotopic (exact) mass is 396 g/mol. The Labute approximate surface area is 171 Å². The zero-order chi connectivity index (χ0) is 20.8. The molecular weight excluding hydrogens is 368 g/mol. The summed E-state index contributed by atoms with van der Waals surface area (Å²) in [6, 6.07) is 14.5. The molecule has 0 radical (unpaired) electrons. The Kier molecular flexibility index (Phi) is 6.75. The van der Waals surface area contributed by atoms with Crippen LogP contribution in [0.4, 0.5) is 5.69 Å². The SMILES string of the molecule is CCCCNC(=O)[C@H]1CC(=O)N(c2ccc(OC)cc2)[C@H]1c1ccc(OC)cc1. The minimum absolute atomic E-state index is 0.0633. The topological polar surface area (TPSA) is 67.9 Å². The van der Waals surface area contributed by atoms with Crippen LogP contribution in [0.15, 0.2) is 48.5 Å². The molecule has 6 nitrogen and oxygen atoms in total. The van der Waals surface area contributed by atoms with E-state index in [4.69, 9.17) is 9.47 Å². The molecule has 1 N–H and O–H groups in total. The molecule has 2 amide bonds. The fourth-order valence-electron chi connectivity index (χ4n) is 3.72. The van der Waals surface area contributed by atoms with Crippen molar-refractivity contribution in [3.63, 3.8) is 0 Å². The lowest BCUT2D eigenvalue weighted by atomic mass is 9.92. The van der Waals surface area contributed by atoms with Gasteiger partial charge in [-0.15, -0.1) is 0 Å². The highest BCUT2D eigenvalue weighted by molar-refractivity contribution is 6.01. The van der Waals surface area contributed by atoms with E-state index in [1.54, 1.807) is 19.1 Å². The summed E-state index contributed by atoms with van der Waals surface area (Å²) in [5, 5.41) is 3.00. The van der Waals surface area contributed by atoms with Crippen LogP contribution in [0.3, 0.4) is 0 Å². The van der Waals surface area contributed by atoms with Crippen LogP contribution in [0.1, 0.15) is 37.8 Å². The highest BCUT2D eigenvalue weighted by Crippen LogP contribution is 2.42. The first-order valence-electron chi connectivity index (χ1n) is 9.96. The van der Waals surface area contributed by atoms with Crippen LogP contribution in [0.25, 0.3) is 0 Å². The Morgan fingerprint density at radius 1 is 1.03 bits per heavy atom. The summed E-state index contributed by atoms with van der Waals surface area (Å²) in [6.07, 6.45) is 2.10. The fourth-order valence-corrected chi connectivity index (χ4v) is 3.72. The highest BCUT2D eigenvalue weighted by Gasteiger charge is 2.45. The summed E-state index contributed by atoms with van der Waals surface area (Å²) in [7, 11) is 3.22. The lowest BCUT2D eigenvalue weighted by Gasteiger charge is -2.28. The maximum absolute atomic E-state index is 13.0. The molecule has 0 aliphatic carbocycles. The summed E-state index contributed by atoms with van der Waals surface area (Å²) >= 11 is 0. The predicted octanol–water partition coefficient (Wildman–Crippen LogP) is 3.71. The molecule has 3 rings (SSSR count).